The number of hydrogen-bond donors (Lipinski definition) is 1. The van der Waals surface area contributed by atoms with E-state index < -0.39 is 0 Å². The Kier molecular flexibility index (Phi) is 5.41. The quantitative estimate of drug-likeness (QED) is 0.727. The van der Waals surface area contributed by atoms with Gasteiger partial charge in [0.05, 0.1) is 17.6 Å². The third kappa shape index (κ3) is 4.05. The molecule has 6 nitrogen and oxygen atoms in total. The molecule has 3 heterocycles. The van der Waals surface area contributed by atoms with Crippen LogP contribution in [0.25, 0.3) is 11.0 Å². The molecule has 1 amide bonds. The number of rotatable bonds is 4. The normalized spacial score (nSPS) is 18.8. The molecular formula is C24H29N5O. The van der Waals surface area contributed by atoms with Crippen LogP contribution in [0.5, 0.6) is 0 Å². The summed E-state index contributed by atoms with van der Waals surface area (Å²) in [7, 11) is 0. The Morgan fingerprint density at radius 2 is 1.60 bits per heavy atom. The number of fused-ring (bicyclic) bond motifs is 1. The van der Waals surface area contributed by atoms with E-state index in [1.807, 2.05) is 23.1 Å². The SMILES string of the molecule is O=C(CN1CCC(c2nc3ccccc3[nH]2)CC1)N1CCN(c2ccccc2)CC1. The summed E-state index contributed by atoms with van der Waals surface area (Å²) in [6.07, 6.45) is 2.10. The number of carbonyl (C=O) groups is 1. The molecule has 2 aliphatic heterocycles. The molecule has 2 aliphatic rings. The minimum absolute atomic E-state index is 0.268. The largest absolute Gasteiger partial charge is 0.368 e. The molecule has 0 radical (unpaired) electrons. The molecule has 1 N–H and O–H groups in total. The van der Waals surface area contributed by atoms with Crippen molar-refractivity contribution >= 4 is 22.6 Å². The summed E-state index contributed by atoms with van der Waals surface area (Å²) < 4.78 is 0. The second kappa shape index (κ2) is 8.48. The molecule has 5 rings (SSSR count). The van der Waals surface area contributed by atoms with Gasteiger partial charge in [-0.25, -0.2) is 4.98 Å². The van der Waals surface area contributed by atoms with Gasteiger partial charge in [0.25, 0.3) is 0 Å². The molecule has 30 heavy (non-hydrogen) atoms. The van der Waals surface area contributed by atoms with Crippen molar-refractivity contribution in [3.63, 3.8) is 0 Å². The molecule has 0 atom stereocenters. The zero-order chi connectivity index (χ0) is 20.3. The van der Waals surface area contributed by atoms with E-state index in [2.05, 4.69) is 51.2 Å². The van der Waals surface area contributed by atoms with Crippen molar-refractivity contribution in [2.24, 2.45) is 0 Å². The zero-order valence-electron chi connectivity index (χ0n) is 17.3. The van der Waals surface area contributed by atoms with E-state index in [0.29, 0.717) is 12.5 Å². The first kappa shape index (κ1) is 19.1. The van der Waals surface area contributed by atoms with Crippen LogP contribution in [0.1, 0.15) is 24.6 Å². The first-order valence-corrected chi connectivity index (χ1v) is 11.0. The number of aromatic amines is 1. The molecule has 156 valence electrons. The van der Waals surface area contributed by atoms with Gasteiger partial charge in [-0.3, -0.25) is 9.69 Å². The van der Waals surface area contributed by atoms with Crippen molar-refractivity contribution in [2.45, 2.75) is 18.8 Å². The van der Waals surface area contributed by atoms with E-state index in [9.17, 15) is 4.79 Å². The summed E-state index contributed by atoms with van der Waals surface area (Å²) in [5.74, 6) is 1.82. The second-order valence-electron chi connectivity index (χ2n) is 8.39. The first-order valence-electron chi connectivity index (χ1n) is 11.0. The highest BCUT2D eigenvalue weighted by Gasteiger charge is 2.27. The number of nitrogens with one attached hydrogen (secondary N) is 1. The molecule has 0 spiro atoms. The molecule has 3 aromatic rings. The number of benzene rings is 2. The highest BCUT2D eigenvalue weighted by Crippen LogP contribution is 2.27. The summed E-state index contributed by atoms with van der Waals surface area (Å²) >= 11 is 0. The Labute approximate surface area is 177 Å². The Balaban J connectivity index is 1.10. The summed E-state index contributed by atoms with van der Waals surface area (Å²) in [5.41, 5.74) is 3.40. The van der Waals surface area contributed by atoms with E-state index in [-0.39, 0.29) is 5.91 Å². The van der Waals surface area contributed by atoms with Gasteiger partial charge in [0.2, 0.25) is 5.91 Å². The molecule has 0 unspecified atom stereocenters. The Bertz CT molecular complexity index is 952. The van der Waals surface area contributed by atoms with Crippen LogP contribution in [0.2, 0.25) is 0 Å². The van der Waals surface area contributed by atoms with Crippen molar-refractivity contribution in [1.29, 1.82) is 0 Å². The van der Waals surface area contributed by atoms with Crippen molar-refractivity contribution in [1.82, 2.24) is 19.8 Å². The van der Waals surface area contributed by atoms with Gasteiger partial charge in [0.15, 0.2) is 0 Å². The molecule has 0 aliphatic carbocycles. The zero-order valence-corrected chi connectivity index (χ0v) is 17.3. The number of para-hydroxylation sites is 3. The van der Waals surface area contributed by atoms with E-state index in [1.165, 1.54) is 5.69 Å². The molecule has 0 saturated carbocycles. The smallest absolute Gasteiger partial charge is 0.236 e. The Morgan fingerprint density at radius 1 is 0.900 bits per heavy atom. The average molecular weight is 404 g/mol. The van der Waals surface area contributed by atoms with Crippen LogP contribution in [-0.2, 0) is 4.79 Å². The summed E-state index contributed by atoms with van der Waals surface area (Å²) in [6.45, 7) is 5.88. The fraction of sp³-hybridized carbons (Fsp3) is 0.417. The highest BCUT2D eigenvalue weighted by atomic mass is 16.2. The van der Waals surface area contributed by atoms with Gasteiger partial charge in [-0.2, -0.15) is 0 Å². The van der Waals surface area contributed by atoms with Crippen molar-refractivity contribution in [3.05, 3.63) is 60.4 Å². The number of anilines is 1. The topological polar surface area (TPSA) is 55.5 Å². The van der Waals surface area contributed by atoms with E-state index in [4.69, 9.17) is 4.98 Å². The maximum atomic E-state index is 12.8. The van der Waals surface area contributed by atoms with Gasteiger partial charge in [-0.1, -0.05) is 30.3 Å². The van der Waals surface area contributed by atoms with Crippen molar-refractivity contribution < 1.29 is 4.79 Å². The van der Waals surface area contributed by atoms with Crippen molar-refractivity contribution in [2.75, 3.05) is 50.7 Å². The fourth-order valence-corrected chi connectivity index (χ4v) is 4.67. The van der Waals surface area contributed by atoms with Gasteiger partial charge >= 0.3 is 0 Å². The van der Waals surface area contributed by atoms with Crippen molar-refractivity contribution in [3.8, 4) is 0 Å². The Morgan fingerprint density at radius 3 is 2.33 bits per heavy atom. The minimum atomic E-state index is 0.268. The van der Waals surface area contributed by atoms with E-state index >= 15 is 0 Å². The van der Waals surface area contributed by atoms with Crippen LogP contribution >= 0.6 is 0 Å². The number of aromatic nitrogens is 2. The highest BCUT2D eigenvalue weighted by molar-refractivity contribution is 5.78. The first-order chi connectivity index (χ1) is 14.8. The van der Waals surface area contributed by atoms with Crippen LogP contribution in [0.4, 0.5) is 5.69 Å². The molecule has 2 aromatic carbocycles. The third-order valence-corrected chi connectivity index (χ3v) is 6.49. The number of piperazine rings is 1. The van der Waals surface area contributed by atoms with Gasteiger partial charge in [0, 0.05) is 37.8 Å². The number of piperidine rings is 1. The van der Waals surface area contributed by atoms with Crippen LogP contribution in [0, 0.1) is 0 Å². The fourth-order valence-electron chi connectivity index (χ4n) is 4.67. The molecule has 2 fully saturated rings. The molecule has 2 saturated heterocycles. The standard InChI is InChI=1S/C24H29N5O/c30-23(29-16-14-28(15-17-29)20-6-2-1-3-7-20)18-27-12-10-19(11-13-27)24-25-21-8-4-5-9-22(21)26-24/h1-9,19H,10-18H2,(H,25,26). The predicted octanol–water partition coefficient (Wildman–Crippen LogP) is 3.09. The van der Waals surface area contributed by atoms with Gasteiger partial charge in [-0.15, -0.1) is 0 Å². The average Bonchev–Trinajstić information content (AvgIpc) is 3.25. The maximum Gasteiger partial charge on any atom is 0.236 e. The van der Waals surface area contributed by atoms with Crippen LogP contribution in [0.15, 0.2) is 54.6 Å². The van der Waals surface area contributed by atoms with Crippen LogP contribution < -0.4 is 4.90 Å². The number of hydrogen-bond acceptors (Lipinski definition) is 4. The molecular weight excluding hydrogens is 374 g/mol. The molecule has 6 heteroatoms. The molecule has 1 aromatic heterocycles. The Hall–Kier alpha value is -2.86. The summed E-state index contributed by atoms with van der Waals surface area (Å²) in [6, 6.07) is 18.7. The number of amides is 1. The van der Waals surface area contributed by atoms with E-state index in [1.54, 1.807) is 0 Å². The second-order valence-corrected chi connectivity index (χ2v) is 8.39. The monoisotopic (exact) mass is 403 g/mol. The van der Waals surface area contributed by atoms with Gasteiger partial charge in [-0.05, 0) is 50.2 Å². The number of H-pyrrole nitrogens is 1. The number of imidazole rings is 1. The maximum absolute atomic E-state index is 12.8. The van der Waals surface area contributed by atoms with E-state index in [0.717, 1.165) is 69.0 Å². The van der Waals surface area contributed by atoms with Gasteiger partial charge < -0.3 is 14.8 Å². The number of carbonyl (C=O) groups excluding carboxylic acids is 1. The predicted molar refractivity (Wildman–Crippen MR) is 120 cm³/mol. The lowest BCUT2D eigenvalue weighted by atomic mass is 9.96. The lowest BCUT2D eigenvalue weighted by Gasteiger charge is -2.38. The number of likely N-dealkylation sites (tertiary alicyclic amines) is 1. The lowest BCUT2D eigenvalue weighted by molar-refractivity contribution is -0.133. The summed E-state index contributed by atoms with van der Waals surface area (Å²) in [5, 5.41) is 0. The van der Waals surface area contributed by atoms with Gasteiger partial charge in [0.1, 0.15) is 5.82 Å². The molecule has 0 bridgehead atoms. The summed E-state index contributed by atoms with van der Waals surface area (Å²) in [4.78, 5) is 27.8. The minimum Gasteiger partial charge on any atom is -0.368 e. The van der Waals surface area contributed by atoms with Crippen LogP contribution in [-0.4, -0.2) is 71.5 Å². The number of nitrogens with zero attached hydrogens (tertiary/aromatic N) is 4. The lowest BCUT2D eigenvalue weighted by Crippen LogP contribution is -2.51. The third-order valence-electron chi connectivity index (χ3n) is 6.49. The van der Waals surface area contributed by atoms with Crippen LogP contribution in [0.3, 0.4) is 0 Å².